The van der Waals surface area contributed by atoms with E-state index in [-0.39, 0.29) is 12.0 Å². The molecule has 3 rings (SSSR count). The summed E-state index contributed by atoms with van der Waals surface area (Å²) in [7, 11) is 0. The summed E-state index contributed by atoms with van der Waals surface area (Å²) in [6.45, 7) is 4.42. The third-order valence-electron chi connectivity index (χ3n) is 4.05. The van der Waals surface area contributed by atoms with Crippen LogP contribution in [0.25, 0.3) is 11.0 Å². The molecule has 0 aliphatic carbocycles. The van der Waals surface area contributed by atoms with Crippen LogP contribution in [0.5, 0.6) is 0 Å². The molecule has 5 nitrogen and oxygen atoms in total. The summed E-state index contributed by atoms with van der Waals surface area (Å²) in [6, 6.07) is 8.19. The SMILES string of the molecule is CCCn1c(CCNC(=O)C2CCCO2)nc2ccccc21. The Balaban J connectivity index is 1.65. The van der Waals surface area contributed by atoms with E-state index in [1.54, 1.807) is 0 Å². The van der Waals surface area contributed by atoms with Gasteiger partial charge in [-0.15, -0.1) is 0 Å². The lowest BCUT2D eigenvalue weighted by Crippen LogP contribution is -2.35. The second kappa shape index (κ2) is 6.92. The number of carbonyl (C=O) groups excluding carboxylic acids is 1. The number of nitrogens with zero attached hydrogens (tertiary/aromatic N) is 2. The van der Waals surface area contributed by atoms with Gasteiger partial charge in [-0.05, 0) is 31.4 Å². The van der Waals surface area contributed by atoms with Gasteiger partial charge in [0.25, 0.3) is 0 Å². The second-order valence-corrected chi connectivity index (χ2v) is 5.71. The molecule has 0 saturated carbocycles. The number of ether oxygens (including phenoxy) is 1. The van der Waals surface area contributed by atoms with Crippen LogP contribution in [-0.4, -0.2) is 34.7 Å². The van der Waals surface area contributed by atoms with E-state index in [1.807, 2.05) is 18.2 Å². The smallest absolute Gasteiger partial charge is 0.249 e. The monoisotopic (exact) mass is 301 g/mol. The molecule has 1 amide bonds. The molecular formula is C17H23N3O2. The summed E-state index contributed by atoms with van der Waals surface area (Å²) in [6.07, 6.45) is 3.36. The molecule has 22 heavy (non-hydrogen) atoms. The molecule has 1 aromatic carbocycles. The zero-order valence-electron chi connectivity index (χ0n) is 13.0. The van der Waals surface area contributed by atoms with E-state index < -0.39 is 0 Å². The van der Waals surface area contributed by atoms with Crippen molar-refractivity contribution in [3.8, 4) is 0 Å². The van der Waals surface area contributed by atoms with E-state index in [2.05, 4.69) is 22.9 Å². The number of rotatable bonds is 6. The summed E-state index contributed by atoms with van der Waals surface area (Å²) in [5, 5.41) is 2.97. The highest BCUT2D eigenvalue weighted by Crippen LogP contribution is 2.17. The molecule has 1 N–H and O–H groups in total. The molecule has 5 heteroatoms. The molecule has 1 fully saturated rings. The Kier molecular flexibility index (Phi) is 4.73. The van der Waals surface area contributed by atoms with Gasteiger partial charge in [-0.25, -0.2) is 4.98 Å². The highest BCUT2D eigenvalue weighted by molar-refractivity contribution is 5.81. The molecule has 1 aliphatic rings. The number of hydrogen-bond acceptors (Lipinski definition) is 3. The number of amides is 1. The van der Waals surface area contributed by atoms with Crippen LogP contribution in [0.2, 0.25) is 0 Å². The molecule has 1 aliphatic heterocycles. The average molecular weight is 301 g/mol. The quantitative estimate of drug-likeness (QED) is 0.890. The lowest BCUT2D eigenvalue weighted by Gasteiger charge is -2.11. The number of hydrogen-bond donors (Lipinski definition) is 1. The van der Waals surface area contributed by atoms with E-state index in [0.717, 1.165) is 43.6 Å². The van der Waals surface area contributed by atoms with E-state index in [0.29, 0.717) is 13.2 Å². The maximum atomic E-state index is 12.0. The van der Waals surface area contributed by atoms with Gasteiger partial charge in [0.05, 0.1) is 11.0 Å². The molecule has 118 valence electrons. The predicted molar refractivity (Wildman–Crippen MR) is 85.7 cm³/mol. The van der Waals surface area contributed by atoms with Crippen molar-refractivity contribution in [2.45, 2.75) is 45.3 Å². The van der Waals surface area contributed by atoms with E-state index >= 15 is 0 Å². The fraction of sp³-hybridized carbons (Fsp3) is 0.529. The Morgan fingerprint density at radius 2 is 2.32 bits per heavy atom. The molecule has 2 aromatic rings. The van der Waals surface area contributed by atoms with Gasteiger partial charge in [0, 0.05) is 26.1 Å². The number of fused-ring (bicyclic) bond motifs is 1. The Morgan fingerprint density at radius 3 is 3.09 bits per heavy atom. The predicted octanol–water partition coefficient (Wildman–Crippen LogP) is 2.28. The van der Waals surface area contributed by atoms with Gasteiger partial charge in [-0.3, -0.25) is 4.79 Å². The van der Waals surface area contributed by atoms with E-state index in [1.165, 1.54) is 5.52 Å². The van der Waals surface area contributed by atoms with Gasteiger partial charge in [-0.2, -0.15) is 0 Å². The Labute approximate surface area is 130 Å². The maximum Gasteiger partial charge on any atom is 0.249 e. The van der Waals surface area contributed by atoms with Crippen LogP contribution in [0.15, 0.2) is 24.3 Å². The minimum Gasteiger partial charge on any atom is -0.368 e. The average Bonchev–Trinajstić information content (AvgIpc) is 3.16. The topological polar surface area (TPSA) is 56.2 Å². The van der Waals surface area contributed by atoms with Crippen LogP contribution in [0, 0.1) is 0 Å². The van der Waals surface area contributed by atoms with Crippen molar-refractivity contribution in [1.82, 2.24) is 14.9 Å². The first kappa shape index (κ1) is 15.0. The molecule has 1 atom stereocenters. The van der Waals surface area contributed by atoms with Gasteiger partial charge in [-0.1, -0.05) is 19.1 Å². The van der Waals surface area contributed by atoms with Crippen LogP contribution >= 0.6 is 0 Å². The maximum absolute atomic E-state index is 12.0. The Bertz CT molecular complexity index is 644. The van der Waals surface area contributed by atoms with E-state index in [4.69, 9.17) is 9.72 Å². The molecular weight excluding hydrogens is 278 g/mol. The minimum atomic E-state index is -0.255. The van der Waals surface area contributed by atoms with Crippen LogP contribution in [0.3, 0.4) is 0 Å². The van der Waals surface area contributed by atoms with Crippen LogP contribution in [0.4, 0.5) is 0 Å². The number of carbonyl (C=O) groups is 1. The third kappa shape index (κ3) is 3.14. The number of aryl methyl sites for hydroxylation is 1. The minimum absolute atomic E-state index is 0.00986. The molecule has 1 aromatic heterocycles. The van der Waals surface area contributed by atoms with Gasteiger partial charge in [0.1, 0.15) is 11.9 Å². The van der Waals surface area contributed by atoms with Crippen molar-refractivity contribution >= 4 is 16.9 Å². The van der Waals surface area contributed by atoms with Crippen molar-refractivity contribution in [2.75, 3.05) is 13.2 Å². The van der Waals surface area contributed by atoms with Crippen LogP contribution in [-0.2, 0) is 22.5 Å². The summed E-state index contributed by atoms with van der Waals surface area (Å²) >= 11 is 0. The van der Waals surface area contributed by atoms with Crippen molar-refractivity contribution in [3.05, 3.63) is 30.1 Å². The standard InChI is InChI=1S/C17H23N3O2/c1-2-11-20-14-7-4-3-6-13(14)19-16(20)9-10-18-17(21)15-8-5-12-22-15/h3-4,6-7,15H,2,5,8-12H2,1H3,(H,18,21). The summed E-state index contributed by atoms with van der Waals surface area (Å²) in [5.74, 6) is 1.05. The van der Waals surface area contributed by atoms with Crippen LogP contribution < -0.4 is 5.32 Å². The lowest BCUT2D eigenvalue weighted by molar-refractivity contribution is -0.130. The molecule has 0 bridgehead atoms. The summed E-state index contributed by atoms with van der Waals surface area (Å²) < 4.78 is 7.65. The van der Waals surface area contributed by atoms with Crippen molar-refractivity contribution in [1.29, 1.82) is 0 Å². The Hall–Kier alpha value is -1.88. The largest absolute Gasteiger partial charge is 0.368 e. The second-order valence-electron chi connectivity index (χ2n) is 5.71. The fourth-order valence-electron chi connectivity index (χ4n) is 2.99. The van der Waals surface area contributed by atoms with Crippen molar-refractivity contribution < 1.29 is 9.53 Å². The van der Waals surface area contributed by atoms with Gasteiger partial charge in [0.2, 0.25) is 5.91 Å². The first-order chi connectivity index (χ1) is 10.8. The Morgan fingerprint density at radius 1 is 1.45 bits per heavy atom. The number of para-hydroxylation sites is 2. The van der Waals surface area contributed by atoms with Crippen LogP contribution in [0.1, 0.15) is 32.0 Å². The summed E-state index contributed by atoms with van der Waals surface area (Å²) in [5.41, 5.74) is 2.20. The molecule has 0 spiro atoms. The lowest BCUT2D eigenvalue weighted by atomic mass is 10.2. The highest BCUT2D eigenvalue weighted by Gasteiger charge is 2.23. The number of aromatic nitrogens is 2. The van der Waals surface area contributed by atoms with Crippen molar-refractivity contribution in [2.24, 2.45) is 0 Å². The van der Waals surface area contributed by atoms with Gasteiger partial charge < -0.3 is 14.6 Å². The number of benzene rings is 1. The zero-order chi connectivity index (χ0) is 15.4. The molecule has 1 unspecified atom stereocenters. The number of nitrogens with one attached hydrogen (secondary N) is 1. The highest BCUT2D eigenvalue weighted by atomic mass is 16.5. The van der Waals surface area contributed by atoms with E-state index in [9.17, 15) is 4.79 Å². The van der Waals surface area contributed by atoms with Crippen molar-refractivity contribution in [3.63, 3.8) is 0 Å². The first-order valence-corrected chi connectivity index (χ1v) is 8.13. The summed E-state index contributed by atoms with van der Waals surface area (Å²) in [4.78, 5) is 16.7. The molecule has 0 radical (unpaired) electrons. The molecule has 2 heterocycles. The molecule has 1 saturated heterocycles. The fourth-order valence-corrected chi connectivity index (χ4v) is 2.99. The van der Waals surface area contributed by atoms with Gasteiger partial charge in [0.15, 0.2) is 0 Å². The normalized spacial score (nSPS) is 18.0. The third-order valence-corrected chi connectivity index (χ3v) is 4.05. The number of imidazole rings is 1. The van der Waals surface area contributed by atoms with Gasteiger partial charge >= 0.3 is 0 Å². The first-order valence-electron chi connectivity index (χ1n) is 8.13. The zero-order valence-corrected chi connectivity index (χ0v) is 13.0.